The van der Waals surface area contributed by atoms with Crippen LogP contribution in [0.25, 0.3) is 0 Å². The van der Waals surface area contributed by atoms with Crippen molar-refractivity contribution in [1.29, 1.82) is 0 Å². The molecule has 0 aliphatic carbocycles. The van der Waals surface area contributed by atoms with E-state index in [-0.39, 0.29) is 6.42 Å². The lowest BCUT2D eigenvalue weighted by atomic mass is 10.0. The van der Waals surface area contributed by atoms with Crippen LogP contribution in [-0.2, 0) is 10.5 Å². The number of carboxylic acids is 1. The van der Waals surface area contributed by atoms with Crippen molar-refractivity contribution in [3.8, 4) is 0 Å². The molecule has 6 heteroatoms. The molecule has 19 heavy (non-hydrogen) atoms. The lowest BCUT2D eigenvalue weighted by Gasteiger charge is -2.34. The van der Waals surface area contributed by atoms with Gasteiger partial charge in [-0.05, 0) is 6.42 Å². The summed E-state index contributed by atoms with van der Waals surface area (Å²) < 4.78 is 0.622. The van der Waals surface area contributed by atoms with Gasteiger partial charge in [0.2, 0.25) is 0 Å². The SMILES string of the molecule is O=C(O)CCCN1C(=S)SCC1(O)c1ccccc1. The maximum atomic E-state index is 10.8. The molecule has 1 heterocycles. The van der Waals surface area contributed by atoms with Gasteiger partial charge in [-0.15, -0.1) is 0 Å². The third-order valence-corrected chi connectivity index (χ3v) is 4.66. The average Bonchev–Trinajstić information content (AvgIpc) is 2.69. The van der Waals surface area contributed by atoms with Crippen molar-refractivity contribution in [3.05, 3.63) is 35.9 Å². The molecule has 1 aromatic carbocycles. The highest BCUT2D eigenvalue weighted by atomic mass is 32.2. The number of carbonyl (C=O) groups is 1. The van der Waals surface area contributed by atoms with Crippen molar-refractivity contribution in [3.63, 3.8) is 0 Å². The number of aliphatic hydroxyl groups is 1. The second-order valence-corrected chi connectivity index (χ2v) is 6.00. The van der Waals surface area contributed by atoms with Crippen molar-refractivity contribution >= 4 is 34.3 Å². The lowest BCUT2D eigenvalue weighted by Crippen LogP contribution is -2.45. The first-order valence-corrected chi connectivity index (χ1v) is 7.37. The molecule has 1 unspecified atom stereocenters. The van der Waals surface area contributed by atoms with Crippen LogP contribution in [0.2, 0.25) is 0 Å². The summed E-state index contributed by atoms with van der Waals surface area (Å²) in [7, 11) is 0. The van der Waals surface area contributed by atoms with Crippen molar-refractivity contribution in [2.75, 3.05) is 12.3 Å². The summed E-state index contributed by atoms with van der Waals surface area (Å²) in [5, 5.41) is 19.5. The van der Waals surface area contributed by atoms with E-state index >= 15 is 0 Å². The number of benzene rings is 1. The number of nitrogens with zero attached hydrogens (tertiary/aromatic N) is 1. The van der Waals surface area contributed by atoms with Crippen LogP contribution in [0.4, 0.5) is 0 Å². The van der Waals surface area contributed by atoms with E-state index in [1.54, 1.807) is 4.90 Å². The van der Waals surface area contributed by atoms with Crippen LogP contribution in [0.5, 0.6) is 0 Å². The van der Waals surface area contributed by atoms with Gasteiger partial charge in [-0.3, -0.25) is 4.79 Å². The third kappa shape index (κ3) is 3.08. The highest BCUT2D eigenvalue weighted by Crippen LogP contribution is 2.39. The van der Waals surface area contributed by atoms with Crippen molar-refractivity contribution in [2.24, 2.45) is 0 Å². The average molecular weight is 297 g/mol. The molecule has 1 atom stereocenters. The summed E-state index contributed by atoms with van der Waals surface area (Å²) in [4.78, 5) is 12.3. The first-order chi connectivity index (χ1) is 9.04. The Labute approximate surface area is 121 Å². The van der Waals surface area contributed by atoms with E-state index in [4.69, 9.17) is 17.3 Å². The molecule has 1 aromatic rings. The smallest absolute Gasteiger partial charge is 0.303 e. The maximum Gasteiger partial charge on any atom is 0.303 e. The van der Waals surface area contributed by atoms with Gasteiger partial charge in [0.1, 0.15) is 4.32 Å². The minimum atomic E-state index is -1.12. The fraction of sp³-hybridized carbons (Fsp3) is 0.385. The Morgan fingerprint density at radius 2 is 2.11 bits per heavy atom. The Hall–Kier alpha value is -1.11. The number of carboxylic acid groups (broad SMARTS) is 1. The molecule has 2 N–H and O–H groups in total. The Kier molecular flexibility index (Phi) is 4.44. The van der Waals surface area contributed by atoms with Gasteiger partial charge in [0, 0.05) is 18.5 Å². The molecule has 0 aromatic heterocycles. The monoisotopic (exact) mass is 297 g/mol. The molecule has 1 fully saturated rings. The summed E-state index contributed by atoms with van der Waals surface area (Å²) >= 11 is 6.68. The topological polar surface area (TPSA) is 60.8 Å². The van der Waals surface area contributed by atoms with Crippen LogP contribution in [0, 0.1) is 0 Å². The van der Waals surface area contributed by atoms with E-state index in [9.17, 15) is 9.90 Å². The number of aliphatic carboxylic acids is 1. The quantitative estimate of drug-likeness (QED) is 0.811. The molecule has 1 aliphatic rings. The third-order valence-electron chi connectivity index (χ3n) is 3.07. The standard InChI is InChI=1S/C13H15NO3S2/c15-11(16)7-4-8-14-12(18)19-9-13(14,17)10-5-2-1-3-6-10/h1-3,5-6,17H,4,7-9H2,(H,15,16). The Balaban J connectivity index is 2.14. The minimum absolute atomic E-state index is 0.0780. The van der Waals surface area contributed by atoms with Crippen LogP contribution < -0.4 is 0 Å². The first-order valence-electron chi connectivity index (χ1n) is 5.98. The number of thioether (sulfide) groups is 1. The molecular formula is C13H15NO3S2. The van der Waals surface area contributed by atoms with Crippen LogP contribution >= 0.6 is 24.0 Å². The second kappa shape index (κ2) is 5.90. The molecule has 1 saturated heterocycles. The van der Waals surface area contributed by atoms with Gasteiger partial charge >= 0.3 is 5.97 Å². The summed E-state index contributed by atoms with van der Waals surface area (Å²) in [6.45, 7) is 0.448. The van der Waals surface area contributed by atoms with Crippen LogP contribution in [-0.4, -0.2) is 37.7 Å². The van der Waals surface area contributed by atoms with Crippen LogP contribution in [0.15, 0.2) is 30.3 Å². The van der Waals surface area contributed by atoms with Gasteiger partial charge in [0.25, 0.3) is 0 Å². The largest absolute Gasteiger partial charge is 0.481 e. The van der Waals surface area contributed by atoms with E-state index in [0.29, 0.717) is 23.0 Å². The molecule has 4 nitrogen and oxygen atoms in total. The number of thiocarbonyl (C=S) groups is 1. The molecule has 0 amide bonds. The predicted molar refractivity (Wildman–Crippen MR) is 79.0 cm³/mol. The zero-order valence-electron chi connectivity index (χ0n) is 10.3. The van der Waals surface area contributed by atoms with Gasteiger partial charge in [-0.2, -0.15) is 0 Å². The first kappa shape index (κ1) is 14.3. The second-order valence-electron chi connectivity index (χ2n) is 4.39. The molecule has 0 bridgehead atoms. The number of rotatable bonds is 5. The van der Waals surface area contributed by atoms with Crippen LogP contribution in [0.1, 0.15) is 18.4 Å². The van der Waals surface area contributed by atoms with E-state index in [1.807, 2.05) is 30.3 Å². The highest BCUT2D eigenvalue weighted by molar-refractivity contribution is 8.23. The fourth-order valence-electron chi connectivity index (χ4n) is 2.08. The molecule has 0 saturated carbocycles. The minimum Gasteiger partial charge on any atom is -0.481 e. The van der Waals surface area contributed by atoms with Crippen LogP contribution in [0.3, 0.4) is 0 Å². The number of hydrogen-bond acceptors (Lipinski definition) is 4. The van der Waals surface area contributed by atoms with Gasteiger partial charge in [0.15, 0.2) is 5.72 Å². The van der Waals surface area contributed by atoms with Crippen molar-refractivity contribution < 1.29 is 15.0 Å². The van der Waals surface area contributed by atoms with Gasteiger partial charge in [0.05, 0.1) is 5.75 Å². The Morgan fingerprint density at radius 3 is 2.74 bits per heavy atom. The molecule has 102 valence electrons. The summed E-state index contributed by atoms with van der Waals surface area (Å²) in [5.74, 6) is -0.357. The molecular weight excluding hydrogens is 282 g/mol. The number of hydrogen-bond donors (Lipinski definition) is 2. The zero-order chi connectivity index (χ0) is 13.9. The van der Waals surface area contributed by atoms with E-state index < -0.39 is 11.7 Å². The zero-order valence-corrected chi connectivity index (χ0v) is 11.9. The summed E-state index contributed by atoms with van der Waals surface area (Å²) in [6.07, 6.45) is 0.541. The maximum absolute atomic E-state index is 10.8. The van der Waals surface area contributed by atoms with Gasteiger partial charge in [-0.1, -0.05) is 54.3 Å². The highest BCUT2D eigenvalue weighted by Gasteiger charge is 2.43. The predicted octanol–water partition coefficient (Wildman–Crippen LogP) is 2.03. The van der Waals surface area contributed by atoms with Gasteiger partial charge in [-0.25, -0.2) is 0 Å². The fourth-order valence-corrected chi connectivity index (χ4v) is 3.54. The summed E-state index contributed by atoms with van der Waals surface area (Å²) in [6, 6.07) is 9.35. The van der Waals surface area contributed by atoms with Crippen molar-refractivity contribution in [2.45, 2.75) is 18.6 Å². The Morgan fingerprint density at radius 1 is 1.42 bits per heavy atom. The summed E-state index contributed by atoms with van der Waals surface area (Å²) in [5.41, 5.74) is -0.334. The molecule has 1 aliphatic heterocycles. The van der Waals surface area contributed by atoms with E-state index in [1.165, 1.54) is 11.8 Å². The lowest BCUT2D eigenvalue weighted by molar-refractivity contribution is -0.137. The van der Waals surface area contributed by atoms with Crippen molar-refractivity contribution in [1.82, 2.24) is 4.90 Å². The van der Waals surface area contributed by atoms with E-state index in [2.05, 4.69) is 0 Å². The normalized spacial score (nSPS) is 22.8. The Bertz CT molecular complexity index is 480. The molecule has 0 spiro atoms. The van der Waals surface area contributed by atoms with E-state index in [0.717, 1.165) is 5.56 Å². The van der Waals surface area contributed by atoms with Gasteiger partial charge < -0.3 is 15.1 Å². The molecule has 0 radical (unpaired) electrons. The molecule has 2 rings (SSSR count).